The van der Waals surface area contributed by atoms with Crippen molar-refractivity contribution >= 4 is 6.35 Å². The predicted octanol–water partition coefficient (Wildman–Crippen LogP) is 7.30. The summed E-state index contributed by atoms with van der Waals surface area (Å²) in [6.07, 6.45) is 10.9. The molecule has 4 bridgehead atoms. The molecule has 0 aliphatic heterocycles. The van der Waals surface area contributed by atoms with Crippen molar-refractivity contribution < 1.29 is 4.65 Å². The summed E-state index contributed by atoms with van der Waals surface area (Å²) in [5.41, 5.74) is 1.13. The molecule has 27 heavy (non-hydrogen) atoms. The highest BCUT2D eigenvalue weighted by atomic mass is 16.4. The second-order valence-corrected chi connectivity index (χ2v) is 12.4. The summed E-state index contributed by atoms with van der Waals surface area (Å²) in [5.74, 6) is 6.88. The Morgan fingerprint density at radius 3 is 1.59 bits per heavy atom. The fraction of sp³-hybridized carbons (Fsp3) is 0.920. The van der Waals surface area contributed by atoms with Gasteiger partial charge in [-0.05, 0) is 61.4 Å². The van der Waals surface area contributed by atoms with E-state index in [9.17, 15) is 0 Å². The fourth-order valence-electron chi connectivity index (χ4n) is 9.33. The molecule has 6 saturated carbocycles. The second-order valence-electron chi connectivity index (χ2n) is 12.4. The SMILES string of the molecule is C/C=C\C[B-](OC)([C@H]1C[C@H]2C[C@@H]([C@@H]1C)C2(C)C)[C@H]1C[C@H]2C[C@@H]([C@@H]1C)C2(C)C. The Balaban J connectivity index is 1.67. The monoisotopic (exact) mass is 371 g/mol. The van der Waals surface area contributed by atoms with Crippen LogP contribution in [0.4, 0.5) is 0 Å². The van der Waals surface area contributed by atoms with Crippen LogP contribution < -0.4 is 0 Å². The molecule has 6 aliphatic carbocycles. The molecule has 2 heteroatoms. The first-order chi connectivity index (χ1) is 12.6. The molecule has 0 aromatic carbocycles. The topological polar surface area (TPSA) is 9.23 Å². The molecule has 0 unspecified atom stereocenters. The van der Waals surface area contributed by atoms with Crippen LogP contribution in [-0.2, 0) is 4.65 Å². The summed E-state index contributed by atoms with van der Waals surface area (Å²) in [7, 11) is 2.07. The number of hydrogen-bond donors (Lipinski definition) is 0. The lowest BCUT2D eigenvalue weighted by Crippen LogP contribution is -2.65. The van der Waals surface area contributed by atoms with Gasteiger partial charge >= 0.3 is 0 Å². The molecule has 0 spiro atoms. The molecule has 6 rings (SSSR count). The second kappa shape index (κ2) is 6.38. The maximum absolute atomic E-state index is 6.75. The van der Waals surface area contributed by atoms with Gasteiger partial charge in [0.25, 0.3) is 0 Å². The number of allylic oxidation sites excluding steroid dienone is 2. The molecule has 0 aromatic rings. The molecule has 1 nitrogen and oxygen atoms in total. The van der Waals surface area contributed by atoms with Gasteiger partial charge in [0.15, 0.2) is 0 Å². The van der Waals surface area contributed by atoms with E-state index in [2.05, 4.69) is 67.7 Å². The van der Waals surface area contributed by atoms with Crippen LogP contribution >= 0.6 is 0 Å². The highest BCUT2D eigenvalue weighted by Crippen LogP contribution is 2.72. The minimum Gasteiger partial charge on any atom is -0.592 e. The minimum absolute atomic E-state index is 0.564. The molecule has 0 aromatic heterocycles. The van der Waals surface area contributed by atoms with Crippen molar-refractivity contribution in [3.05, 3.63) is 12.2 Å². The third-order valence-corrected chi connectivity index (χ3v) is 11.5. The highest BCUT2D eigenvalue weighted by Gasteiger charge is 2.63. The van der Waals surface area contributed by atoms with Crippen molar-refractivity contribution in [2.75, 3.05) is 7.11 Å². The lowest BCUT2D eigenvalue weighted by Gasteiger charge is -2.72. The van der Waals surface area contributed by atoms with Gasteiger partial charge < -0.3 is 4.65 Å². The van der Waals surface area contributed by atoms with Crippen molar-refractivity contribution in [1.29, 1.82) is 0 Å². The molecule has 6 aliphatic rings. The fourth-order valence-corrected chi connectivity index (χ4v) is 9.33. The van der Waals surface area contributed by atoms with Gasteiger partial charge in [-0.1, -0.05) is 72.3 Å². The zero-order valence-corrected chi connectivity index (χ0v) is 19.3. The average Bonchev–Trinajstić information content (AvgIpc) is 2.63. The summed E-state index contributed by atoms with van der Waals surface area (Å²) < 4.78 is 6.75. The first-order valence-corrected chi connectivity index (χ1v) is 11.9. The van der Waals surface area contributed by atoms with Crippen LogP contribution in [-0.4, -0.2) is 13.5 Å². The van der Waals surface area contributed by atoms with Gasteiger partial charge in [-0.3, -0.25) is 0 Å². The molecule has 0 heterocycles. The zero-order chi connectivity index (χ0) is 19.8. The number of fused-ring (bicyclic) bond motifs is 4. The molecular formula is C25H44BO-. The standard InChI is InChI=1S/C25H44BO/c1-9-10-11-26(27-8,22-14-18-12-20(16(22)2)24(18,4)5)23-15-19-13-21(17(23)3)25(19,6)7/h9-10,16-23H,11-15H2,1-8H3/q-1/b10-9-/t16-,17-,18+,19+,20-,21-,22-,23-/m0/s1. The molecule has 8 atom stereocenters. The van der Waals surface area contributed by atoms with E-state index >= 15 is 0 Å². The van der Waals surface area contributed by atoms with Crippen LogP contribution in [0.2, 0.25) is 18.0 Å². The molecule has 154 valence electrons. The highest BCUT2D eigenvalue weighted by molar-refractivity contribution is 6.77. The summed E-state index contributed by atoms with van der Waals surface area (Å²) >= 11 is 0. The third-order valence-electron chi connectivity index (χ3n) is 11.5. The minimum atomic E-state index is -0.806. The number of hydrogen-bond acceptors (Lipinski definition) is 1. The number of rotatable bonds is 5. The largest absolute Gasteiger partial charge is 0.592 e. The van der Waals surface area contributed by atoms with E-state index in [4.69, 9.17) is 4.65 Å². The maximum Gasteiger partial charge on any atom is 0.123 e. The van der Waals surface area contributed by atoms with E-state index in [0.29, 0.717) is 10.8 Å². The van der Waals surface area contributed by atoms with Crippen molar-refractivity contribution in [1.82, 2.24) is 0 Å². The Labute approximate surface area is 169 Å². The van der Waals surface area contributed by atoms with E-state index in [1.807, 2.05) is 0 Å². The van der Waals surface area contributed by atoms with Crippen LogP contribution in [0, 0.1) is 46.3 Å². The lowest BCUT2D eigenvalue weighted by molar-refractivity contribution is -0.113. The summed E-state index contributed by atoms with van der Waals surface area (Å²) in [6, 6.07) is 0. The van der Waals surface area contributed by atoms with E-state index in [1.54, 1.807) is 0 Å². The summed E-state index contributed by atoms with van der Waals surface area (Å²) in [5, 5.41) is 0. The smallest absolute Gasteiger partial charge is 0.123 e. The van der Waals surface area contributed by atoms with Gasteiger partial charge in [-0.15, -0.1) is 24.0 Å². The van der Waals surface area contributed by atoms with Crippen LogP contribution in [0.15, 0.2) is 12.2 Å². The van der Waals surface area contributed by atoms with E-state index in [1.165, 1.54) is 32.0 Å². The Hall–Kier alpha value is -0.235. The van der Waals surface area contributed by atoms with Gasteiger partial charge in [-0.25, -0.2) is 0 Å². The maximum atomic E-state index is 6.75. The molecule has 0 saturated heterocycles. The predicted molar refractivity (Wildman–Crippen MR) is 118 cm³/mol. The van der Waals surface area contributed by atoms with E-state index in [0.717, 1.165) is 47.1 Å². The normalized spacial score (nSPS) is 47.4. The Morgan fingerprint density at radius 2 is 1.30 bits per heavy atom. The van der Waals surface area contributed by atoms with Gasteiger partial charge in [0.05, 0.1) is 0 Å². The molecule has 0 N–H and O–H groups in total. The van der Waals surface area contributed by atoms with Crippen molar-refractivity contribution in [3.63, 3.8) is 0 Å². The Kier molecular flexibility index (Phi) is 4.74. The lowest BCUT2D eigenvalue weighted by atomic mass is 9.15. The van der Waals surface area contributed by atoms with Crippen LogP contribution in [0.5, 0.6) is 0 Å². The van der Waals surface area contributed by atoms with Gasteiger partial charge in [0.1, 0.15) is 6.35 Å². The summed E-state index contributed by atoms with van der Waals surface area (Å²) in [6.45, 7) is 17.5. The average molecular weight is 371 g/mol. The van der Waals surface area contributed by atoms with E-state index < -0.39 is 6.35 Å². The van der Waals surface area contributed by atoms with Gasteiger partial charge in [0, 0.05) is 0 Å². The van der Waals surface area contributed by atoms with Crippen LogP contribution in [0.25, 0.3) is 0 Å². The van der Waals surface area contributed by atoms with E-state index in [-0.39, 0.29) is 0 Å². The molecule has 0 radical (unpaired) electrons. The molecule has 0 amide bonds. The first-order valence-electron chi connectivity index (χ1n) is 11.9. The quantitative estimate of drug-likeness (QED) is 0.364. The molecular weight excluding hydrogens is 327 g/mol. The zero-order valence-electron chi connectivity index (χ0n) is 19.3. The van der Waals surface area contributed by atoms with Crippen molar-refractivity contribution in [2.24, 2.45) is 46.3 Å². The van der Waals surface area contributed by atoms with Crippen LogP contribution in [0.1, 0.15) is 74.1 Å². The van der Waals surface area contributed by atoms with Gasteiger partial charge in [0.2, 0.25) is 0 Å². The van der Waals surface area contributed by atoms with Crippen molar-refractivity contribution in [2.45, 2.75) is 92.1 Å². The Morgan fingerprint density at radius 1 is 0.852 bits per heavy atom. The van der Waals surface area contributed by atoms with Gasteiger partial charge in [-0.2, -0.15) is 0 Å². The summed E-state index contributed by atoms with van der Waals surface area (Å²) in [4.78, 5) is 0. The first kappa shape index (κ1) is 20.1. The van der Waals surface area contributed by atoms with Crippen LogP contribution in [0.3, 0.4) is 0 Å². The van der Waals surface area contributed by atoms with Crippen molar-refractivity contribution in [3.8, 4) is 0 Å². The Bertz CT molecular complexity index is 563. The molecule has 6 fully saturated rings. The third kappa shape index (κ3) is 2.53.